The van der Waals surface area contributed by atoms with Crippen molar-refractivity contribution >= 4 is 50.9 Å². The third-order valence-corrected chi connectivity index (χ3v) is 11.8. The molecule has 0 radical (unpaired) electrons. The fourth-order valence-corrected chi connectivity index (χ4v) is 10.1. The largest absolute Gasteiger partial charge is 0.479 e. The van der Waals surface area contributed by atoms with Crippen LogP contribution in [0.1, 0.15) is 41.0 Å². The molecule has 0 aromatic carbocycles. The highest BCUT2D eigenvalue weighted by Crippen LogP contribution is 2.18. The van der Waals surface area contributed by atoms with Crippen LogP contribution >= 0.6 is 22.6 Å². The Hall–Kier alpha value is 0.741. The van der Waals surface area contributed by atoms with Gasteiger partial charge in [0, 0.05) is 12.7 Å². The van der Waals surface area contributed by atoms with Gasteiger partial charge in [-0.2, -0.15) is 0 Å². The monoisotopic (exact) mass is 444 g/mol. The second-order valence-electron chi connectivity index (χ2n) is 5.09. The topological polar surface area (TPSA) is 27.7 Å². The van der Waals surface area contributed by atoms with E-state index in [0.717, 1.165) is 16.9 Å². The molecule has 118 valence electrons. The Labute approximate surface area is 143 Å². The summed E-state index contributed by atoms with van der Waals surface area (Å²) in [7, 11) is -3.79. The van der Waals surface area contributed by atoms with Gasteiger partial charge in [-0.15, -0.1) is 0 Å². The van der Waals surface area contributed by atoms with Crippen LogP contribution in [-0.4, -0.2) is 39.4 Å². The predicted molar refractivity (Wildman–Crippen MR) is 104 cm³/mol. The molecule has 0 unspecified atom stereocenters. The molecule has 0 aromatic rings. The van der Waals surface area contributed by atoms with Gasteiger partial charge < -0.3 is 12.7 Å². The molecule has 0 saturated heterocycles. The van der Waals surface area contributed by atoms with Crippen LogP contribution in [-0.2, 0) is 12.7 Å². The smallest absolute Gasteiger partial charge is 0.418 e. The number of halogens is 1. The Morgan fingerprint density at radius 2 is 1.55 bits per heavy atom. The molecule has 0 fully saturated rings. The van der Waals surface area contributed by atoms with Crippen LogP contribution in [0.5, 0.6) is 0 Å². The van der Waals surface area contributed by atoms with Crippen LogP contribution in [0.2, 0.25) is 6.04 Å². The van der Waals surface area contributed by atoms with Crippen LogP contribution in [0, 0.1) is 0 Å². The average molecular weight is 445 g/mol. The summed E-state index contributed by atoms with van der Waals surface area (Å²) >= 11 is 2.41. The second-order valence-corrected chi connectivity index (χ2v) is 12.1. The predicted octanol–water partition coefficient (Wildman–Crippen LogP) is 2.84. The minimum absolute atomic E-state index is 0.680. The molecule has 0 aliphatic rings. The van der Waals surface area contributed by atoms with Crippen molar-refractivity contribution in [3.8, 4) is 0 Å². The molecule has 0 heterocycles. The first-order valence-corrected chi connectivity index (χ1v) is 13.4. The third kappa shape index (κ3) is 10.5. The maximum atomic E-state index is 6.22. The Morgan fingerprint density at radius 1 is 1.05 bits per heavy atom. The van der Waals surface area contributed by atoms with Crippen molar-refractivity contribution in [3.63, 3.8) is 0 Å². The Bertz CT molecular complexity index is 292. The summed E-state index contributed by atoms with van der Waals surface area (Å²) < 4.78 is 19.6. The van der Waals surface area contributed by atoms with E-state index in [1.165, 1.54) is 11.1 Å². The van der Waals surface area contributed by atoms with E-state index in [-0.39, 0.29) is 0 Å². The average Bonchev–Trinajstić information content (AvgIpc) is 2.35. The van der Waals surface area contributed by atoms with Gasteiger partial charge in [0.25, 0.3) is 0 Å². The Balaban J connectivity index is 4.72. The highest BCUT2D eigenvalue weighted by atomic mass is 127. The van der Waals surface area contributed by atoms with Crippen molar-refractivity contribution in [2.24, 2.45) is 0 Å². The van der Waals surface area contributed by atoms with E-state index in [1.807, 2.05) is 6.92 Å². The van der Waals surface area contributed by atoms with E-state index in [2.05, 4.69) is 61.7 Å². The third-order valence-electron chi connectivity index (χ3n) is 2.57. The molecule has 0 saturated carbocycles. The van der Waals surface area contributed by atoms with Crippen molar-refractivity contribution in [3.05, 3.63) is 22.5 Å². The van der Waals surface area contributed by atoms with Gasteiger partial charge in [-0.1, -0.05) is 45.1 Å². The lowest BCUT2D eigenvalue weighted by Crippen LogP contribution is -2.47. The maximum absolute atomic E-state index is 6.22. The molecular formula is C13H29IO3Si3. The van der Waals surface area contributed by atoms with E-state index >= 15 is 0 Å². The number of hydrogen-bond acceptors (Lipinski definition) is 3. The quantitative estimate of drug-likeness (QED) is 0.279. The molecule has 7 heteroatoms. The fraction of sp³-hybridized carbons (Fsp3) is 0.692. The molecule has 0 spiro atoms. The number of alkyl halides is 1. The summed E-state index contributed by atoms with van der Waals surface area (Å²) in [6.45, 7) is 11.2. The summed E-state index contributed by atoms with van der Waals surface area (Å²) in [5, 5.41) is 0. The minimum Gasteiger partial charge on any atom is -0.418 e. The summed E-state index contributed by atoms with van der Waals surface area (Å²) in [5.41, 5.74) is 7.12. The van der Waals surface area contributed by atoms with Crippen molar-refractivity contribution in [2.75, 3.05) is 11.0 Å². The fourth-order valence-electron chi connectivity index (χ4n) is 1.52. The number of rotatable bonds is 11. The normalized spacial score (nSPS) is 14.9. The van der Waals surface area contributed by atoms with Crippen molar-refractivity contribution in [1.82, 2.24) is 0 Å². The van der Waals surface area contributed by atoms with E-state index in [9.17, 15) is 0 Å². The van der Waals surface area contributed by atoms with E-state index in [0.29, 0.717) is 6.61 Å². The van der Waals surface area contributed by atoms with Gasteiger partial charge >= 0.3 is 8.80 Å². The van der Waals surface area contributed by atoms with Gasteiger partial charge in [-0.05, 0) is 45.5 Å². The second kappa shape index (κ2) is 12.3. The van der Waals surface area contributed by atoms with Gasteiger partial charge in [0.05, 0.1) is 0 Å². The molecule has 0 amide bonds. The standard InChI is InChI=1S/C13H29IO3Si3/c1-6-15-20(9-7-8-14,16-18-10-12(2)3)17-19-11-13(4)5/h10-11H,6-9,18-19H2,1-5H3. The Kier molecular flexibility index (Phi) is 12.8. The number of allylic oxidation sites excluding steroid dienone is 2. The summed E-state index contributed by atoms with van der Waals surface area (Å²) in [6, 6.07) is 0.955. The molecule has 0 N–H and O–H groups in total. The molecule has 0 bridgehead atoms. The Morgan fingerprint density at radius 3 is 1.90 bits per heavy atom. The zero-order valence-electron chi connectivity index (χ0n) is 13.5. The maximum Gasteiger partial charge on any atom is 0.479 e. The highest BCUT2D eigenvalue weighted by Gasteiger charge is 2.38. The van der Waals surface area contributed by atoms with Crippen LogP contribution in [0.15, 0.2) is 22.5 Å². The van der Waals surface area contributed by atoms with Crippen molar-refractivity contribution < 1.29 is 12.7 Å². The lowest BCUT2D eigenvalue weighted by atomic mass is 10.4. The van der Waals surface area contributed by atoms with Gasteiger partial charge in [-0.25, -0.2) is 0 Å². The first kappa shape index (κ1) is 20.7. The number of hydrogen-bond donors (Lipinski definition) is 0. The first-order chi connectivity index (χ1) is 9.45. The van der Waals surface area contributed by atoms with E-state index in [4.69, 9.17) is 12.7 Å². The minimum atomic E-state index is -2.42. The molecular weight excluding hydrogens is 415 g/mol. The SMILES string of the molecule is CCO[Si](CCCI)(O[SiH2]C=C(C)C)O[SiH2]C=C(C)C. The molecule has 3 nitrogen and oxygen atoms in total. The summed E-state index contributed by atoms with van der Waals surface area (Å²) in [5.74, 6) is 0. The van der Waals surface area contributed by atoms with Crippen LogP contribution in [0.25, 0.3) is 0 Å². The molecule has 0 aliphatic carbocycles. The zero-order chi connectivity index (χ0) is 15.4. The zero-order valence-corrected chi connectivity index (χ0v) is 19.5. The van der Waals surface area contributed by atoms with Gasteiger partial charge in [0.15, 0.2) is 19.5 Å². The lowest BCUT2D eigenvalue weighted by Gasteiger charge is -2.29. The van der Waals surface area contributed by atoms with Crippen molar-refractivity contribution in [1.29, 1.82) is 0 Å². The molecule has 0 rings (SSSR count). The first-order valence-electron chi connectivity index (χ1n) is 7.20. The highest BCUT2D eigenvalue weighted by molar-refractivity contribution is 14.1. The van der Waals surface area contributed by atoms with Crippen LogP contribution in [0.3, 0.4) is 0 Å². The molecule has 20 heavy (non-hydrogen) atoms. The van der Waals surface area contributed by atoms with E-state index in [1.54, 1.807) is 0 Å². The molecule has 0 atom stereocenters. The van der Waals surface area contributed by atoms with Gasteiger partial charge in [0.1, 0.15) is 0 Å². The summed E-state index contributed by atoms with van der Waals surface area (Å²) in [4.78, 5) is 0. The van der Waals surface area contributed by atoms with Crippen LogP contribution in [0.4, 0.5) is 0 Å². The van der Waals surface area contributed by atoms with E-state index < -0.39 is 28.3 Å². The van der Waals surface area contributed by atoms with Gasteiger partial charge in [0.2, 0.25) is 0 Å². The lowest BCUT2D eigenvalue weighted by molar-refractivity contribution is 0.181. The summed E-state index contributed by atoms with van der Waals surface area (Å²) in [6.07, 6.45) is 1.11. The van der Waals surface area contributed by atoms with Gasteiger partial charge in [-0.3, -0.25) is 0 Å². The molecule has 0 aromatic heterocycles. The molecule has 0 aliphatic heterocycles. The van der Waals surface area contributed by atoms with Crippen molar-refractivity contribution in [2.45, 2.75) is 47.1 Å². The van der Waals surface area contributed by atoms with Crippen LogP contribution < -0.4 is 0 Å².